The zero-order valence-electron chi connectivity index (χ0n) is 13.2. The molecular weight excluding hydrogens is 326 g/mol. The molecule has 3 nitrogen and oxygen atoms in total. The third-order valence-corrected chi connectivity index (χ3v) is 8.28. The first-order valence-corrected chi connectivity index (χ1v) is 10.9. The summed E-state index contributed by atoms with van der Waals surface area (Å²) in [5, 5.41) is 9.80. The van der Waals surface area contributed by atoms with Gasteiger partial charge in [-0.25, -0.2) is 9.78 Å². The van der Waals surface area contributed by atoms with Crippen LogP contribution in [0.2, 0.25) is 0 Å². The zero-order chi connectivity index (χ0) is 15.9. The molecule has 0 atom stereocenters. The number of rotatable bonds is 6. The van der Waals surface area contributed by atoms with Crippen LogP contribution in [0.4, 0.5) is 0 Å². The van der Waals surface area contributed by atoms with Crippen LogP contribution >= 0.6 is 21.6 Å². The molecule has 4 aliphatic rings. The van der Waals surface area contributed by atoms with E-state index >= 15 is 0 Å². The Hall–Kier alpha value is -0.680. The second-order valence-electron chi connectivity index (χ2n) is 7.76. The van der Waals surface area contributed by atoms with E-state index in [0.717, 1.165) is 22.8 Å². The Labute approximate surface area is 145 Å². The van der Waals surface area contributed by atoms with Crippen molar-refractivity contribution in [3.63, 3.8) is 0 Å². The van der Waals surface area contributed by atoms with Crippen LogP contribution in [0.25, 0.3) is 0 Å². The summed E-state index contributed by atoms with van der Waals surface area (Å²) in [6.07, 6.45) is 11.8. The molecule has 5 heteroatoms. The molecule has 0 aromatic carbocycles. The van der Waals surface area contributed by atoms with Crippen molar-refractivity contribution >= 4 is 27.6 Å². The number of carboxylic acids is 1. The second kappa shape index (κ2) is 6.32. The third-order valence-electron chi connectivity index (χ3n) is 6.01. The van der Waals surface area contributed by atoms with Gasteiger partial charge in [0.2, 0.25) is 0 Å². The fraction of sp³-hybridized carbons (Fsp3) is 0.667. The van der Waals surface area contributed by atoms with Crippen LogP contribution in [0.1, 0.15) is 55.3 Å². The van der Waals surface area contributed by atoms with Gasteiger partial charge in [-0.2, -0.15) is 0 Å². The van der Waals surface area contributed by atoms with E-state index in [9.17, 15) is 4.79 Å². The number of hydrogen-bond donors (Lipinski definition) is 1. The topological polar surface area (TPSA) is 50.2 Å². The van der Waals surface area contributed by atoms with Gasteiger partial charge in [0.25, 0.3) is 0 Å². The Morgan fingerprint density at radius 2 is 1.83 bits per heavy atom. The van der Waals surface area contributed by atoms with E-state index in [2.05, 4.69) is 4.98 Å². The van der Waals surface area contributed by atoms with Gasteiger partial charge in [-0.1, -0.05) is 10.8 Å². The van der Waals surface area contributed by atoms with Gasteiger partial charge in [-0.3, -0.25) is 0 Å². The van der Waals surface area contributed by atoms with E-state index in [1.54, 1.807) is 16.9 Å². The number of pyridine rings is 1. The normalized spacial score (nSPS) is 34.7. The third kappa shape index (κ3) is 3.41. The van der Waals surface area contributed by atoms with Crippen molar-refractivity contribution in [3.8, 4) is 0 Å². The Kier molecular flexibility index (Phi) is 4.35. The maximum Gasteiger partial charge on any atom is 0.337 e. The predicted octanol–water partition coefficient (Wildman–Crippen LogP) is 5.13. The van der Waals surface area contributed by atoms with Crippen LogP contribution in [0.5, 0.6) is 0 Å². The summed E-state index contributed by atoms with van der Waals surface area (Å²) in [5.74, 6) is 3.36. The fourth-order valence-corrected chi connectivity index (χ4v) is 7.61. The second-order valence-corrected chi connectivity index (χ2v) is 10.2. The molecule has 1 aromatic rings. The standard InChI is InChI=1S/C18H23NO2S2/c20-17(21)15-1-2-16(19-11-15)23-22-4-3-18-8-12-5-13(9-18)7-14(6-12)10-18/h1-2,11-14H,3-10H2,(H,20,21). The average molecular weight is 350 g/mol. The molecule has 4 fully saturated rings. The molecular formula is C18H23NO2S2. The minimum atomic E-state index is -0.913. The maximum absolute atomic E-state index is 10.8. The van der Waals surface area contributed by atoms with Crippen LogP contribution in [0, 0.1) is 23.2 Å². The summed E-state index contributed by atoms with van der Waals surface area (Å²) in [6.45, 7) is 0. The first-order chi connectivity index (χ1) is 11.1. The highest BCUT2D eigenvalue weighted by molar-refractivity contribution is 8.76. The Balaban J connectivity index is 1.27. The molecule has 23 heavy (non-hydrogen) atoms. The van der Waals surface area contributed by atoms with E-state index in [0.29, 0.717) is 5.41 Å². The van der Waals surface area contributed by atoms with Crippen LogP contribution in [-0.2, 0) is 0 Å². The van der Waals surface area contributed by atoms with E-state index in [1.807, 2.05) is 16.9 Å². The molecule has 1 N–H and O–H groups in total. The van der Waals surface area contributed by atoms with E-state index in [-0.39, 0.29) is 5.56 Å². The lowest BCUT2D eigenvalue weighted by Gasteiger charge is -2.57. The molecule has 5 rings (SSSR count). The summed E-state index contributed by atoms with van der Waals surface area (Å²) in [6, 6.07) is 3.45. The van der Waals surface area contributed by atoms with Crippen LogP contribution in [0.15, 0.2) is 23.4 Å². The zero-order valence-corrected chi connectivity index (χ0v) is 14.9. The number of hydrogen-bond acceptors (Lipinski definition) is 4. The quantitative estimate of drug-likeness (QED) is 0.570. The molecule has 4 aliphatic carbocycles. The van der Waals surface area contributed by atoms with Crippen molar-refractivity contribution in [3.05, 3.63) is 23.9 Å². The van der Waals surface area contributed by atoms with Crippen molar-refractivity contribution in [2.45, 2.75) is 50.0 Å². The molecule has 1 aromatic heterocycles. The predicted molar refractivity (Wildman–Crippen MR) is 94.7 cm³/mol. The molecule has 0 unspecified atom stereocenters. The van der Waals surface area contributed by atoms with Gasteiger partial charge in [-0.05, 0) is 91.0 Å². The molecule has 1 heterocycles. The smallest absolute Gasteiger partial charge is 0.337 e. The van der Waals surface area contributed by atoms with Crippen LogP contribution in [-0.4, -0.2) is 21.8 Å². The van der Waals surface area contributed by atoms with E-state index < -0.39 is 5.97 Å². The first-order valence-electron chi connectivity index (χ1n) is 8.61. The minimum Gasteiger partial charge on any atom is -0.478 e. The number of aromatic nitrogens is 1. The van der Waals surface area contributed by atoms with Gasteiger partial charge in [0, 0.05) is 11.9 Å². The number of carbonyl (C=O) groups is 1. The highest BCUT2D eigenvalue weighted by atomic mass is 33.1. The highest BCUT2D eigenvalue weighted by Crippen LogP contribution is 2.61. The molecule has 0 amide bonds. The van der Waals surface area contributed by atoms with E-state index in [1.165, 1.54) is 56.9 Å². The number of nitrogens with zero attached hydrogens (tertiary/aromatic N) is 1. The highest BCUT2D eigenvalue weighted by Gasteiger charge is 2.50. The molecule has 4 bridgehead atoms. The van der Waals surface area contributed by atoms with E-state index in [4.69, 9.17) is 5.11 Å². The summed E-state index contributed by atoms with van der Waals surface area (Å²) in [7, 11) is 3.56. The summed E-state index contributed by atoms with van der Waals surface area (Å²) >= 11 is 0. The van der Waals surface area contributed by atoms with Crippen molar-refractivity contribution in [1.29, 1.82) is 0 Å². The first kappa shape index (κ1) is 15.8. The lowest BCUT2D eigenvalue weighted by molar-refractivity contribution is -0.0538. The average Bonchev–Trinajstić information content (AvgIpc) is 2.51. The summed E-state index contributed by atoms with van der Waals surface area (Å²) in [5.41, 5.74) is 0.913. The van der Waals surface area contributed by atoms with Crippen molar-refractivity contribution in [2.24, 2.45) is 23.2 Å². The Morgan fingerprint density at radius 3 is 2.35 bits per heavy atom. The summed E-state index contributed by atoms with van der Waals surface area (Å²) in [4.78, 5) is 15.1. The number of aromatic carboxylic acids is 1. The van der Waals surface area contributed by atoms with Crippen molar-refractivity contribution in [1.82, 2.24) is 4.98 Å². The van der Waals surface area contributed by atoms with Crippen LogP contribution in [0.3, 0.4) is 0 Å². The SMILES string of the molecule is O=C(O)c1ccc(SSCCC23CC4CC(CC(C4)C2)C3)nc1. The van der Waals surface area contributed by atoms with Gasteiger partial charge in [-0.15, -0.1) is 0 Å². The molecule has 0 aliphatic heterocycles. The minimum absolute atomic E-state index is 0.257. The largest absolute Gasteiger partial charge is 0.478 e. The molecule has 0 spiro atoms. The monoisotopic (exact) mass is 349 g/mol. The summed E-state index contributed by atoms with van der Waals surface area (Å²) < 4.78 is 0. The Morgan fingerprint density at radius 1 is 1.17 bits per heavy atom. The van der Waals surface area contributed by atoms with Gasteiger partial charge in [0.1, 0.15) is 5.03 Å². The van der Waals surface area contributed by atoms with Crippen molar-refractivity contribution in [2.75, 3.05) is 5.75 Å². The molecule has 0 radical (unpaired) electrons. The van der Waals surface area contributed by atoms with Crippen LogP contribution < -0.4 is 0 Å². The van der Waals surface area contributed by atoms with Crippen molar-refractivity contribution < 1.29 is 9.90 Å². The van der Waals surface area contributed by atoms with Gasteiger partial charge in [0.05, 0.1) is 5.56 Å². The fourth-order valence-electron chi connectivity index (χ4n) is 5.51. The Bertz CT molecular complexity index is 552. The molecule has 0 saturated heterocycles. The van der Waals surface area contributed by atoms with Gasteiger partial charge >= 0.3 is 5.97 Å². The lowest BCUT2D eigenvalue weighted by Crippen LogP contribution is -2.46. The van der Waals surface area contributed by atoms with Gasteiger partial charge in [0.15, 0.2) is 0 Å². The molecule has 4 saturated carbocycles. The molecule has 124 valence electrons. The lowest BCUT2D eigenvalue weighted by atomic mass is 9.49. The maximum atomic E-state index is 10.8. The van der Waals surface area contributed by atoms with Gasteiger partial charge < -0.3 is 5.11 Å². The number of carboxylic acid groups (broad SMARTS) is 1.